The highest BCUT2D eigenvalue weighted by Crippen LogP contribution is 2.23. The van der Waals surface area contributed by atoms with E-state index in [0.29, 0.717) is 19.4 Å². The summed E-state index contributed by atoms with van der Waals surface area (Å²) >= 11 is 1.78. The second-order valence-electron chi connectivity index (χ2n) is 5.38. The molecule has 2 rings (SSSR count). The maximum absolute atomic E-state index is 12.1. The Morgan fingerprint density at radius 3 is 2.80 bits per heavy atom. The second kappa shape index (κ2) is 6.39. The molecule has 0 spiro atoms. The lowest BCUT2D eigenvalue weighted by molar-refractivity contribution is -0.148. The molecule has 1 amide bonds. The minimum absolute atomic E-state index is 0.0143. The number of hydrogen-bond donors (Lipinski definition) is 1. The molecule has 1 N–H and O–H groups in total. The Hall–Kier alpha value is -1.36. The molecule has 0 aromatic carbocycles. The topological polar surface area (TPSA) is 57.6 Å². The van der Waals surface area contributed by atoms with Crippen LogP contribution in [0.2, 0.25) is 0 Å². The minimum atomic E-state index is -0.875. The van der Waals surface area contributed by atoms with E-state index in [1.54, 1.807) is 11.3 Å². The van der Waals surface area contributed by atoms with Crippen LogP contribution in [-0.4, -0.2) is 34.5 Å². The van der Waals surface area contributed by atoms with Crippen molar-refractivity contribution in [2.24, 2.45) is 0 Å². The Labute approximate surface area is 123 Å². The molecule has 1 saturated heterocycles. The summed E-state index contributed by atoms with van der Waals surface area (Å²) in [6.07, 6.45) is 3.51. The summed E-state index contributed by atoms with van der Waals surface area (Å²) in [5.41, 5.74) is 1.32. The van der Waals surface area contributed by atoms with Gasteiger partial charge in [-0.2, -0.15) is 0 Å². The molecule has 0 aliphatic carbocycles. The van der Waals surface area contributed by atoms with Gasteiger partial charge in [0.1, 0.15) is 6.04 Å². The molecule has 4 nitrogen and oxygen atoms in total. The molecule has 1 aromatic rings. The number of aryl methyl sites for hydroxylation is 3. The number of hydrogen-bond acceptors (Lipinski definition) is 3. The fourth-order valence-corrected chi connectivity index (χ4v) is 3.80. The van der Waals surface area contributed by atoms with Crippen molar-refractivity contribution in [2.75, 3.05) is 6.54 Å². The number of likely N-dealkylation sites (tertiary alicyclic amines) is 1. The lowest BCUT2D eigenvalue weighted by atomic mass is 10.1. The van der Waals surface area contributed by atoms with E-state index >= 15 is 0 Å². The van der Waals surface area contributed by atoms with Crippen molar-refractivity contribution in [3.05, 3.63) is 21.4 Å². The highest BCUT2D eigenvalue weighted by Gasteiger charge is 2.33. The van der Waals surface area contributed by atoms with Crippen LogP contribution >= 0.6 is 11.3 Å². The van der Waals surface area contributed by atoms with E-state index in [1.807, 2.05) is 0 Å². The number of carbonyl (C=O) groups is 2. The molecule has 110 valence electrons. The SMILES string of the molecule is Cc1cc(CCCC(=O)N2CCCC2C(=O)O)c(C)s1. The second-order valence-corrected chi connectivity index (χ2v) is 6.84. The van der Waals surface area contributed by atoms with E-state index < -0.39 is 12.0 Å². The summed E-state index contributed by atoms with van der Waals surface area (Å²) < 4.78 is 0. The highest BCUT2D eigenvalue weighted by molar-refractivity contribution is 7.12. The van der Waals surface area contributed by atoms with Crippen LogP contribution < -0.4 is 0 Å². The van der Waals surface area contributed by atoms with Gasteiger partial charge in [-0.1, -0.05) is 0 Å². The number of aliphatic carboxylic acids is 1. The van der Waals surface area contributed by atoms with Gasteiger partial charge in [-0.15, -0.1) is 11.3 Å². The fourth-order valence-electron chi connectivity index (χ4n) is 2.83. The zero-order chi connectivity index (χ0) is 14.7. The van der Waals surface area contributed by atoms with Gasteiger partial charge in [0.2, 0.25) is 5.91 Å². The molecule has 2 heterocycles. The number of carboxylic acids is 1. The Morgan fingerprint density at radius 2 is 2.20 bits per heavy atom. The molecule has 1 unspecified atom stereocenters. The molecule has 0 saturated carbocycles. The number of rotatable bonds is 5. The Balaban J connectivity index is 1.83. The Morgan fingerprint density at radius 1 is 1.45 bits per heavy atom. The third kappa shape index (κ3) is 3.39. The minimum Gasteiger partial charge on any atom is -0.480 e. The maximum Gasteiger partial charge on any atom is 0.326 e. The lowest BCUT2D eigenvalue weighted by Crippen LogP contribution is -2.40. The van der Waals surface area contributed by atoms with Crippen molar-refractivity contribution in [3.63, 3.8) is 0 Å². The zero-order valence-electron chi connectivity index (χ0n) is 12.0. The van der Waals surface area contributed by atoms with Crippen LogP contribution in [0.4, 0.5) is 0 Å². The smallest absolute Gasteiger partial charge is 0.326 e. The van der Waals surface area contributed by atoms with Crippen LogP contribution in [0.25, 0.3) is 0 Å². The van der Waals surface area contributed by atoms with E-state index in [9.17, 15) is 9.59 Å². The Bertz CT molecular complexity index is 509. The third-order valence-corrected chi connectivity index (χ3v) is 4.85. The van der Waals surface area contributed by atoms with Crippen LogP contribution in [0.1, 0.15) is 41.0 Å². The molecule has 1 aliphatic heterocycles. The molecular weight excluding hydrogens is 274 g/mol. The summed E-state index contributed by atoms with van der Waals surface area (Å²) in [5.74, 6) is -0.889. The number of thiophene rings is 1. The van der Waals surface area contributed by atoms with Crippen molar-refractivity contribution in [3.8, 4) is 0 Å². The predicted octanol–water partition coefficient (Wildman–Crippen LogP) is 2.76. The van der Waals surface area contributed by atoms with Crippen molar-refractivity contribution in [1.29, 1.82) is 0 Å². The first-order valence-electron chi connectivity index (χ1n) is 7.07. The first kappa shape index (κ1) is 15.0. The van der Waals surface area contributed by atoms with E-state index in [2.05, 4.69) is 19.9 Å². The maximum atomic E-state index is 12.1. The van der Waals surface area contributed by atoms with Gasteiger partial charge in [0, 0.05) is 22.7 Å². The van der Waals surface area contributed by atoms with Crippen molar-refractivity contribution < 1.29 is 14.7 Å². The summed E-state index contributed by atoms with van der Waals surface area (Å²) in [6.45, 7) is 4.79. The molecule has 0 bridgehead atoms. The van der Waals surface area contributed by atoms with Gasteiger partial charge < -0.3 is 10.0 Å². The first-order chi connectivity index (χ1) is 9.49. The first-order valence-corrected chi connectivity index (χ1v) is 7.89. The molecule has 5 heteroatoms. The normalized spacial score (nSPS) is 18.5. The van der Waals surface area contributed by atoms with Crippen molar-refractivity contribution >= 4 is 23.2 Å². The van der Waals surface area contributed by atoms with E-state index in [-0.39, 0.29) is 5.91 Å². The van der Waals surface area contributed by atoms with Crippen LogP contribution in [0.5, 0.6) is 0 Å². The standard InChI is InChI=1S/C15H21NO3S/c1-10-9-12(11(2)20-10)5-3-7-14(17)16-8-4-6-13(16)15(18)19/h9,13H,3-8H2,1-2H3,(H,18,19). The number of nitrogens with zero attached hydrogens (tertiary/aromatic N) is 1. The average molecular weight is 295 g/mol. The Kier molecular flexibility index (Phi) is 4.81. The molecule has 1 atom stereocenters. The van der Waals surface area contributed by atoms with Gasteiger partial charge in [0.15, 0.2) is 0 Å². The van der Waals surface area contributed by atoms with Gasteiger partial charge in [-0.25, -0.2) is 4.79 Å². The van der Waals surface area contributed by atoms with Gasteiger partial charge >= 0.3 is 5.97 Å². The predicted molar refractivity (Wildman–Crippen MR) is 79.1 cm³/mol. The molecular formula is C15H21NO3S. The van der Waals surface area contributed by atoms with E-state index in [1.165, 1.54) is 20.2 Å². The van der Waals surface area contributed by atoms with Gasteiger partial charge in [-0.3, -0.25) is 4.79 Å². The quantitative estimate of drug-likeness (QED) is 0.908. The summed E-state index contributed by atoms with van der Waals surface area (Å²) in [5, 5.41) is 9.08. The highest BCUT2D eigenvalue weighted by atomic mass is 32.1. The van der Waals surface area contributed by atoms with Crippen LogP contribution in [-0.2, 0) is 16.0 Å². The van der Waals surface area contributed by atoms with Crippen molar-refractivity contribution in [2.45, 2.75) is 52.0 Å². The van der Waals surface area contributed by atoms with Crippen LogP contribution in [0.15, 0.2) is 6.07 Å². The number of carboxylic acid groups (broad SMARTS) is 1. The fraction of sp³-hybridized carbons (Fsp3) is 0.600. The largest absolute Gasteiger partial charge is 0.480 e. The van der Waals surface area contributed by atoms with E-state index in [4.69, 9.17) is 5.11 Å². The van der Waals surface area contributed by atoms with Crippen molar-refractivity contribution in [1.82, 2.24) is 4.90 Å². The van der Waals surface area contributed by atoms with Crippen LogP contribution in [0.3, 0.4) is 0 Å². The van der Waals surface area contributed by atoms with Crippen LogP contribution in [0, 0.1) is 13.8 Å². The summed E-state index contributed by atoms with van der Waals surface area (Å²) in [6, 6.07) is 1.58. The monoisotopic (exact) mass is 295 g/mol. The number of amides is 1. The zero-order valence-corrected chi connectivity index (χ0v) is 12.8. The molecule has 0 radical (unpaired) electrons. The number of carbonyl (C=O) groups excluding carboxylic acids is 1. The average Bonchev–Trinajstić information content (AvgIpc) is 2.96. The molecule has 1 aliphatic rings. The van der Waals surface area contributed by atoms with Gasteiger partial charge in [-0.05, 0) is 51.2 Å². The summed E-state index contributed by atoms with van der Waals surface area (Å²) in [4.78, 5) is 27.3. The molecule has 1 aromatic heterocycles. The van der Waals surface area contributed by atoms with Gasteiger partial charge in [0.25, 0.3) is 0 Å². The third-order valence-electron chi connectivity index (χ3n) is 3.84. The van der Waals surface area contributed by atoms with Gasteiger partial charge in [0.05, 0.1) is 0 Å². The molecule has 20 heavy (non-hydrogen) atoms. The lowest BCUT2D eigenvalue weighted by Gasteiger charge is -2.21. The summed E-state index contributed by atoms with van der Waals surface area (Å²) in [7, 11) is 0. The molecule has 1 fully saturated rings. The van der Waals surface area contributed by atoms with E-state index in [0.717, 1.165) is 19.3 Å².